The number of nitrogens with one attached hydrogen (secondary N) is 2. The van der Waals surface area contributed by atoms with Crippen molar-refractivity contribution in [3.63, 3.8) is 0 Å². The third kappa shape index (κ3) is 39.9. The molecule has 0 aliphatic carbocycles. The molecule has 22 heteroatoms. The summed E-state index contributed by atoms with van der Waals surface area (Å²) in [6, 6.07) is 42.7. The van der Waals surface area contributed by atoms with Crippen molar-refractivity contribution in [1.29, 1.82) is 0 Å². The molecule has 0 spiro atoms. The monoisotopic (exact) mass is 1560 g/mol. The fraction of sp³-hybridized carbons (Fsp3) is 0.413. The van der Waals surface area contributed by atoms with Gasteiger partial charge >= 0.3 is 12.2 Å². The third-order valence-electron chi connectivity index (χ3n) is 17.8. The average Bonchev–Trinajstić information content (AvgIpc) is 0.859. The van der Waals surface area contributed by atoms with Gasteiger partial charge in [0.1, 0.15) is 45.8 Å². The number of alkyl carbamates (subject to hydrolysis) is 2. The van der Waals surface area contributed by atoms with E-state index in [0.29, 0.717) is 62.8 Å². The number of amides is 2. The van der Waals surface area contributed by atoms with Gasteiger partial charge in [-0.05, 0) is 226 Å². The van der Waals surface area contributed by atoms with Gasteiger partial charge in [0.2, 0.25) is 0 Å². The number of hydrogen-bond donors (Lipinski definition) is 6. The van der Waals surface area contributed by atoms with Gasteiger partial charge in [-0.15, -0.1) is 0 Å². The maximum atomic E-state index is 13.1. The van der Waals surface area contributed by atoms with Crippen LogP contribution in [0.1, 0.15) is 199 Å². The molecule has 0 bridgehead atoms. The SMILES string of the molecule is CC(=O)CCCc1ccc(CC(=O)[C@@H](Cc2ccc(C)cn2)NC(=O)OC(C)(C)C)cc1.CC(=O)CCCc1ccc(CC(=O)[C@@H](Cc2ccc(O)cn2)NC(=O)OC(C)(C)C)cc1.CC(=O)CCCc1ccc(CC(=O)[C@H](N)Cc2ccc(C)cn2)cc1.CC(=O)CCCc1ccc(CC(=O)[C@H](N)Cc2ccc(O)cn2)cc1. The number of benzene rings is 4. The smallest absolute Gasteiger partial charge is 0.408 e. The summed E-state index contributed by atoms with van der Waals surface area (Å²) in [6.45, 7) is 20.9. The normalized spacial score (nSPS) is 12.1. The summed E-state index contributed by atoms with van der Waals surface area (Å²) in [5.74, 6) is 0.618. The molecule has 4 atom stereocenters. The largest absolute Gasteiger partial charge is 0.506 e. The molecule has 0 saturated carbocycles. The molecule has 0 saturated heterocycles. The quantitative estimate of drug-likeness (QED) is 0.0209. The number of carbonyl (C=O) groups is 10. The highest BCUT2D eigenvalue weighted by atomic mass is 16.6. The van der Waals surface area contributed by atoms with E-state index in [4.69, 9.17) is 20.9 Å². The molecule has 0 fully saturated rings. The lowest BCUT2D eigenvalue weighted by molar-refractivity contribution is -0.121. The number of aromatic nitrogens is 4. The van der Waals surface area contributed by atoms with E-state index in [1.807, 2.05) is 135 Å². The van der Waals surface area contributed by atoms with Crippen LogP contribution in [0.25, 0.3) is 0 Å². The van der Waals surface area contributed by atoms with Crippen LogP contribution in [0.5, 0.6) is 11.5 Å². The molecule has 608 valence electrons. The third-order valence-corrected chi connectivity index (χ3v) is 17.8. The zero-order chi connectivity index (χ0) is 83.9. The van der Waals surface area contributed by atoms with Crippen molar-refractivity contribution in [2.24, 2.45) is 11.5 Å². The Morgan fingerprint density at radius 1 is 0.342 bits per heavy atom. The predicted octanol–water partition coefficient (Wildman–Crippen LogP) is 13.9. The van der Waals surface area contributed by atoms with Crippen molar-refractivity contribution in [2.75, 3.05) is 0 Å². The molecule has 4 aromatic carbocycles. The Hall–Kier alpha value is -11.1. The van der Waals surface area contributed by atoms with Crippen molar-refractivity contribution < 1.29 is 67.6 Å². The van der Waals surface area contributed by atoms with E-state index < -0.39 is 47.6 Å². The Morgan fingerprint density at radius 3 is 0.807 bits per heavy atom. The Bertz CT molecular complexity index is 4080. The number of pyridine rings is 4. The maximum Gasteiger partial charge on any atom is 0.408 e. The first-order chi connectivity index (χ1) is 53.9. The molecule has 0 aliphatic rings. The molecular weight excluding hydrogens is 1440 g/mol. The van der Waals surface area contributed by atoms with Crippen molar-refractivity contribution in [3.05, 3.63) is 249 Å². The van der Waals surface area contributed by atoms with Gasteiger partial charge < -0.3 is 61.0 Å². The first-order valence-corrected chi connectivity index (χ1v) is 38.9. The van der Waals surface area contributed by atoms with E-state index in [-0.39, 0.29) is 83.4 Å². The number of nitrogens with two attached hydrogens (primary N) is 2. The highest BCUT2D eigenvalue weighted by molar-refractivity contribution is 5.91. The number of ether oxygens (including phenoxy) is 2. The number of rotatable bonds is 38. The number of aromatic hydroxyl groups is 2. The number of Topliss-reactive ketones (excluding diaryl/α,β-unsaturated/α-hetero) is 8. The highest BCUT2D eigenvalue weighted by Gasteiger charge is 2.28. The average molecular weight is 1560 g/mol. The lowest BCUT2D eigenvalue weighted by atomic mass is 9.98. The highest BCUT2D eigenvalue weighted by Crippen LogP contribution is 2.19. The summed E-state index contributed by atoms with van der Waals surface area (Å²) in [6.07, 6.45) is 16.2. The minimum Gasteiger partial charge on any atom is -0.506 e. The second-order valence-corrected chi connectivity index (χ2v) is 31.2. The second kappa shape index (κ2) is 48.1. The van der Waals surface area contributed by atoms with Crippen LogP contribution in [-0.2, 0) is 125 Å². The first-order valence-electron chi connectivity index (χ1n) is 38.9. The van der Waals surface area contributed by atoms with E-state index in [0.717, 1.165) is 113 Å². The lowest BCUT2D eigenvalue weighted by Crippen LogP contribution is -2.45. The predicted molar refractivity (Wildman–Crippen MR) is 442 cm³/mol. The minimum atomic E-state index is -0.822. The molecule has 4 heterocycles. The Kier molecular flexibility index (Phi) is 39.4. The zero-order valence-electron chi connectivity index (χ0n) is 68.4. The van der Waals surface area contributed by atoms with Crippen LogP contribution in [0.15, 0.2) is 170 Å². The summed E-state index contributed by atoms with van der Waals surface area (Å²) in [7, 11) is 0. The fourth-order valence-electron chi connectivity index (χ4n) is 11.6. The van der Waals surface area contributed by atoms with Gasteiger partial charge in [0.15, 0.2) is 23.1 Å². The molecule has 4 aromatic heterocycles. The molecule has 0 aliphatic heterocycles. The Balaban J connectivity index is 0.000000273. The van der Waals surface area contributed by atoms with Crippen LogP contribution in [0.4, 0.5) is 9.59 Å². The number of ketones is 8. The molecule has 22 nitrogen and oxygen atoms in total. The second-order valence-electron chi connectivity index (χ2n) is 31.2. The van der Waals surface area contributed by atoms with Crippen LogP contribution in [0.2, 0.25) is 0 Å². The van der Waals surface area contributed by atoms with Gasteiger partial charge in [0.25, 0.3) is 0 Å². The van der Waals surface area contributed by atoms with Gasteiger partial charge in [0, 0.05) is 112 Å². The number of hydrogen-bond acceptors (Lipinski definition) is 20. The molecule has 8 N–H and O–H groups in total. The topological polar surface area (TPSA) is 357 Å². The molecule has 8 rings (SSSR count). The van der Waals surface area contributed by atoms with E-state index in [1.165, 1.54) is 30.1 Å². The summed E-state index contributed by atoms with van der Waals surface area (Å²) in [5.41, 5.74) is 23.8. The Labute approximate surface area is 671 Å². The fourth-order valence-corrected chi connectivity index (χ4v) is 11.6. The number of carbonyl (C=O) groups excluding carboxylic acids is 10. The van der Waals surface area contributed by atoms with Gasteiger partial charge in [-0.3, -0.25) is 39.1 Å². The van der Waals surface area contributed by atoms with E-state index in [2.05, 4.69) is 30.6 Å². The Morgan fingerprint density at radius 2 is 0.579 bits per heavy atom. The molecule has 0 radical (unpaired) electrons. The standard InChI is InChI=1S/C26H34N2O4.C25H32N2O5.C21H26N2O2.C20H24N2O3/c1-18-9-14-22(27-17-18)16-23(28-25(31)32-26(3,4)5)24(30)15-21-12-10-20(11-13-21)8-6-7-19(2)29;1-17(28)6-5-7-18-8-10-19(11-9-18)14-23(30)22(27-24(31)32-25(2,3)4)15-20-12-13-21(29)16-26-20;1-15-6-11-19(23-14-15)13-20(22)21(25)12-18-9-7-17(8-10-18)5-3-4-16(2)24;1-14(23)3-2-4-15-5-7-16(8-6-15)11-20(25)19(21)12-17-9-10-18(24)13-22-17/h9-14,17,23H,6-8,15-16H2,1-5H3,(H,28,31);8-13,16,22,29H,5-7,14-15H2,1-4H3,(H,27,31);6-11,14,20H,3-5,12-13,22H2,1-2H3;5-10,13,19,24H,2-4,11-12,21H2,1H3/t23-;22-;20-;19-/m1111/s1. The molecule has 114 heavy (non-hydrogen) atoms. The van der Waals surface area contributed by atoms with Crippen molar-refractivity contribution in [1.82, 2.24) is 30.6 Å². The van der Waals surface area contributed by atoms with Crippen LogP contribution in [0, 0.1) is 13.8 Å². The van der Waals surface area contributed by atoms with Gasteiger partial charge in [-0.2, -0.15) is 0 Å². The van der Waals surface area contributed by atoms with Gasteiger partial charge in [-0.1, -0.05) is 109 Å². The van der Waals surface area contributed by atoms with Gasteiger partial charge in [-0.25, -0.2) is 9.59 Å². The zero-order valence-corrected chi connectivity index (χ0v) is 68.4. The van der Waals surface area contributed by atoms with Crippen molar-refractivity contribution >= 4 is 58.5 Å². The van der Waals surface area contributed by atoms with E-state index >= 15 is 0 Å². The van der Waals surface area contributed by atoms with Crippen LogP contribution >= 0.6 is 0 Å². The summed E-state index contributed by atoms with van der Waals surface area (Å²) in [5, 5.41) is 24.0. The van der Waals surface area contributed by atoms with Crippen LogP contribution in [0.3, 0.4) is 0 Å². The minimum absolute atomic E-state index is 0.0201. The van der Waals surface area contributed by atoms with Gasteiger partial charge in [0.05, 0.1) is 36.6 Å². The number of nitrogens with zero attached hydrogens (tertiary/aromatic N) is 4. The lowest BCUT2D eigenvalue weighted by Gasteiger charge is -2.23. The van der Waals surface area contributed by atoms with Crippen LogP contribution < -0.4 is 22.1 Å². The maximum absolute atomic E-state index is 13.1. The van der Waals surface area contributed by atoms with E-state index in [1.54, 1.807) is 93.8 Å². The molecular formula is C92H116N8O14. The summed E-state index contributed by atoms with van der Waals surface area (Å²) >= 11 is 0. The van der Waals surface area contributed by atoms with Crippen molar-refractivity contribution in [2.45, 2.75) is 247 Å². The summed E-state index contributed by atoms with van der Waals surface area (Å²) in [4.78, 5) is 136. The molecule has 8 aromatic rings. The number of aryl methyl sites for hydroxylation is 6. The molecule has 2 amide bonds. The van der Waals surface area contributed by atoms with Crippen LogP contribution in [-0.4, -0.2) is 124 Å². The van der Waals surface area contributed by atoms with E-state index in [9.17, 15) is 58.2 Å². The van der Waals surface area contributed by atoms with Crippen molar-refractivity contribution in [3.8, 4) is 11.5 Å². The summed E-state index contributed by atoms with van der Waals surface area (Å²) < 4.78 is 10.7. The molecule has 0 unspecified atom stereocenters. The first kappa shape index (κ1) is 93.5.